The number of halogens is 3. The Morgan fingerprint density at radius 2 is 0.818 bits per heavy atom. The lowest BCUT2D eigenvalue weighted by atomic mass is 10.1. The third kappa shape index (κ3) is 8.27. The second kappa shape index (κ2) is 16.9. The first-order valence-electron chi connectivity index (χ1n) is 17.9. The van der Waals surface area contributed by atoms with Gasteiger partial charge in [0, 0.05) is 43.0 Å². The highest BCUT2D eigenvalue weighted by Gasteiger charge is 2.20. The molecule has 0 radical (unpaired) electrons. The molecule has 0 N–H and O–H groups in total. The van der Waals surface area contributed by atoms with Gasteiger partial charge in [0.15, 0.2) is 5.58 Å². The summed E-state index contributed by atoms with van der Waals surface area (Å²) in [6.45, 7) is 0. The topological polar surface area (TPSA) is 29.5 Å². The minimum atomic E-state index is 0.681. The predicted molar refractivity (Wildman–Crippen MR) is 241 cm³/mol. The maximum atomic E-state index is 6.53. The van der Waals surface area contributed by atoms with Crippen molar-refractivity contribution in [1.82, 2.24) is 0 Å². The van der Waals surface area contributed by atoms with Crippen molar-refractivity contribution < 1.29 is 8.83 Å². The Morgan fingerprint density at radius 3 is 1.33 bits per heavy atom. The van der Waals surface area contributed by atoms with Crippen molar-refractivity contribution in [2.75, 3.05) is 4.90 Å². The number of benzene rings is 8. The van der Waals surface area contributed by atoms with E-state index < -0.39 is 0 Å². The summed E-state index contributed by atoms with van der Waals surface area (Å²) in [4.78, 5) is 2.18. The van der Waals surface area contributed by atoms with Crippen LogP contribution >= 0.6 is 45.8 Å². The van der Waals surface area contributed by atoms with Crippen LogP contribution in [0.15, 0.2) is 203 Å². The number of anilines is 3. The molecule has 0 aliphatic carbocycles. The molecular formula is C49H34Cl2INO2. The SMILES string of the molecule is Clc1cc(I)c2oc3ccccc3c2c1.Clc1cc(N(c2ccccc2)c2ccccc2)c2oc3ccccc3c2c1.c1ccc(Cc2ccccc2)cc1. The standard InChI is InChI=1S/C24H16ClNO.C13H12.C12H6ClIO/c25-17-15-21-20-13-7-8-14-23(20)27-24(21)22(16-17)26(18-9-3-1-4-10-18)19-11-5-2-6-12-19;1-3-7-12(8-4-1)11-13-9-5-2-6-10-13;13-7-5-9-8-3-1-2-4-11(8)15-12(9)10(14)6-7/h1-16H;1-10H,11H2;1-6H. The van der Waals surface area contributed by atoms with E-state index in [-0.39, 0.29) is 0 Å². The minimum Gasteiger partial charge on any atom is -0.455 e. The summed E-state index contributed by atoms with van der Waals surface area (Å²) < 4.78 is 13.1. The lowest BCUT2D eigenvalue weighted by Gasteiger charge is -2.25. The van der Waals surface area contributed by atoms with E-state index in [9.17, 15) is 0 Å². The Bertz CT molecular complexity index is 2740. The van der Waals surface area contributed by atoms with Crippen molar-refractivity contribution in [3.05, 3.63) is 219 Å². The first-order valence-corrected chi connectivity index (χ1v) is 19.7. The van der Waals surface area contributed by atoms with Crippen molar-refractivity contribution in [3.63, 3.8) is 0 Å². The lowest BCUT2D eigenvalue weighted by molar-refractivity contribution is 0.666. The smallest absolute Gasteiger partial charge is 0.159 e. The summed E-state index contributed by atoms with van der Waals surface area (Å²) in [5.41, 5.74) is 9.27. The quantitative estimate of drug-likeness (QED) is 0.161. The maximum Gasteiger partial charge on any atom is 0.159 e. The second-order valence-electron chi connectivity index (χ2n) is 12.9. The third-order valence-corrected chi connectivity index (χ3v) is 10.4. The average Bonchev–Trinajstić information content (AvgIpc) is 3.79. The van der Waals surface area contributed by atoms with Gasteiger partial charge in [0.25, 0.3) is 0 Å². The first kappa shape index (κ1) is 36.4. The molecule has 268 valence electrons. The third-order valence-electron chi connectivity index (χ3n) is 9.18. The molecule has 0 saturated heterocycles. The van der Waals surface area contributed by atoms with Crippen LogP contribution in [0.4, 0.5) is 17.1 Å². The number of hydrogen-bond acceptors (Lipinski definition) is 3. The zero-order chi connectivity index (χ0) is 37.6. The normalized spacial score (nSPS) is 10.9. The van der Waals surface area contributed by atoms with Crippen LogP contribution in [0.3, 0.4) is 0 Å². The minimum absolute atomic E-state index is 0.681. The number of para-hydroxylation sites is 4. The van der Waals surface area contributed by atoms with E-state index in [0.717, 1.165) is 76.0 Å². The Morgan fingerprint density at radius 1 is 0.418 bits per heavy atom. The van der Waals surface area contributed by atoms with E-state index in [1.165, 1.54) is 11.1 Å². The van der Waals surface area contributed by atoms with Crippen LogP contribution in [0, 0.1) is 3.57 Å². The second-order valence-corrected chi connectivity index (χ2v) is 15.0. The van der Waals surface area contributed by atoms with Crippen LogP contribution in [0.5, 0.6) is 0 Å². The molecule has 55 heavy (non-hydrogen) atoms. The highest BCUT2D eigenvalue weighted by atomic mass is 127. The van der Waals surface area contributed by atoms with Gasteiger partial charge in [-0.3, -0.25) is 0 Å². The zero-order valence-corrected chi connectivity index (χ0v) is 33.2. The van der Waals surface area contributed by atoms with Crippen molar-refractivity contribution in [2.45, 2.75) is 6.42 Å². The molecule has 0 fully saturated rings. The molecule has 10 rings (SSSR count). The highest BCUT2D eigenvalue weighted by Crippen LogP contribution is 2.43. The van der Waals surface area contributed by atoms with Gasteiger partial charge in [-0.25, -0.2) is 0 Å². The monoisotopic (exact) mass is 865 g/mol. The molecule has 0 bridgehead atoms. The molecule has 0 saturated carbocycles. The lowest BCUT2D eigenvalue weighted by Crippen LogP contribution is -2.10. The average molecular weight is 867 g/mol. The molecule has 10 aromatic rings. The summed E-state index contributed by atoms with van der Waals surface area (Å²) in [5.74, 6) is 0. The largest absolute Gasteiger partial charge is 0.455 e. The van der Waals surface area contributed by atoms with Crippen LogP contribution in [0.1, 0.15) is 11.1 Å². The fourth-order valence-electron chi connectivity index (χ4n) is 6.70. The van der Waals surface area contributed by atoms with Gasteiger partial charge < -0.3 is 13.7 Å². The Kier molecular flexibility index (Phi) is 11.2. The van der Waals surface area contributed by atoms with Gasteiger partial charge in [-0.05, 0) is 101 Å². The van der Waals surface area contributed by atoms with Crippen molar-refractivity contribution in [2.24, 2.45) is 0 Å². The number of fused-ring (bicyclic) bond motifs is 6. The number of hydrogen-bond donors (Lipinski definition) is 0. The summed E-state index contributed by atoms with van der Waals surface area (Å²) in [7, 11) is 0. The van der Waals surface area contributed by atoms with Crippen molar-refractivity contribution in [3.8, 4) is 0 Å². The Hall–Kier alpha value is -5.53. The molecular weight excluding hydrogens is 832 g/mol. The fourth-order valence-corrected chi connectivity index (χ4v) is 8.05. The number of nitrogens with zero attached hydrogens (tertiary/aromatic N) is 1. The first-order chi connectivity index (χ1) is 27.0. The van der Waals surface area contributed by atoms with E-state index in [1.807, 2.05) is 103 Å². The van der Waals surface area contributed by atoms with Crippen LogP contribution < -0.4 is 4.90 Å². The van der Waals surface area contributed by atoms with E-state index in [1.54, 1.807) is 0 Å². The predicted octanol–water partition coefficient (Wildman–Crippen LogP) is 15.8. The molecule has 0 unspecified atom stereocenters. The van der Waals surface area contributed by atoms with Gasteiger partial charge in [0.1, 0.15) is 16.7 Å². The van der Waals surface area contributed by atoms with Gasteiger partial charge in [-0.1, -0.05) is 157 Å². The fraction of sp³-hybridized carbons (Fsp3) is 0.0204. The van der Waals surface area contributed by atoms with Gasteiger partial charge in [-0.15, -0.1) is 0 Å². The van der Waals surface area contributed by atoms with E-state index in [0.29, 0.717) is 5.02 Å². The van der Waals surface area contributed by atoms with Crippen LogP contribution in [-0.4, -0.2) is 0 Å². The van der Waals surface area contributed by atoms with Crippen molar-refractivity contribution >= 4 is 107 Å². The molecule has 0 spiro atoms. The molecule has 2 aromatic heterocycles. The van der Waals surface area contributed by atoms with Gasteiger partial charge >= 0.3 is 0 Å². The summed E-state index contributed by atoms with van der Waals surface area (Å²) in [6, 6.07) is 65.4. The molecule has 0 amide bonds. The van der Waals surface area contributed by atoms with Crippen LogP contribution in [0.2, 0.25) is 10.0 Å². The molecule has 0 aliphatic rings. The highest BCUT2D eigenvalue weighted by molar-refractivity contribution is 14.1. The molecule has 0 aliphatic heterocycles. The summed E-state index contributed by atoms with van der Waals surface area (Å²) >= 11 is 14.8. The molecule has 2 heterocycles. The zero-order valence-electron chi connectivity index (χ0n) is 29.6. The Labute approximate surface area is 343 Å². The van der Waals surface area contributed by atoms with Gasteiger partial charge in [0.05, 0.1) is 9.26 Å². The van der Waals surface area contributed by atoms with Crippen molar-refractivity contribution in [1.29, 1.82) is 0 Å². The summed E-state index contributed by atoms with van der Waals surface area (Å²) in [5, 5.41) is 5.72. The maximum absolute atomic E-state index is 6.53. The molecule has 6 heteroatoms. The van der Waals surface area contributed by atoms with E-state index >= 15 is 0 Å². The van der Waals surface area contributed by atoms with E-state index in [4.69, 9.17) is 32.0 Å². The van der Waals surface area contributed by atoms with Crippen LogP contribution in [-0.2, 0) is 6.42 Å². The van der Waals surface area contributed by atoms with Crippen LogP contribution in [0.25, 0.3) is 43.9 Å². The summed E-state index contributed by atoms with van der Waals surface area (Å²) in [6.07, 6.45) is 1.03. The molecule has 8 aromatic carbocycles. The molecule has 0 atom stereocenters. The van der Waals surface area contributed by atoms with Gasteiger partial charge in [0.2, 0.25) is 0 Å². The Balaban J connectivity index is 0.000000129. The molecule has 3 nitrogen and oxygen atoms in total. The number of rotatable bonds is 5. The van der Waals surface area contributed by atoms with Gasteiger partial charge in [-0.2, -0.15) is 0 Å². The van der Waals surface area contributed by atoms with E-state index in [2.05, 4.69) is 118 Å². The number of furan rings is 2.